The Balaban J connectivity index is 1.95. The van der Waals surface area contributed by atoms with Crippen LogP contribution in [0.1, 0.15) is 25.1 Å². The average molecular weight is 372 g/mol. The number of pyridine rings is 1. The highest BCUT2D eigenvalue weighted by Gasteiger charge is 2.28. The van der Waals surface area contributed by atoms with Crippen LogP contribution in [0.15, 0.2) is 24.5 Å². The topological polar surface area (TPSA) is 62.2 Å². The first-order chi connectivity index (χ1) is 12.5. The number of rotatable bonds is 5. The van der Waals surface area contributed by atoms with E-state index in [-0.39, 0.29) is 11.2 Å². The number of thioether (sulfide) groups is 1. The Bertz CT molecular complexity index is 781. The van der Waals surface area contributed by atoms with E-state index in [1.807, 2.05) is 43.0 Å². The summed E-state index contributed by atoms with van der Waals surface area (Å²) in [4.78, 5) is 30.3. The van der Waals surface area contributed by atoms with Crippen molar-refractivity contribution >= 4 is 23.5 Å². The van der Waals surface area contributed by atoms with Crippen LogP contribution in [0.4, 0.5) is 5.82 Å². The second-order valence-corrected chi connectivity index (χ2v) is 8.15. The summed E-state index contributed by atoms with van der Waals surface area (Å²) in [5, 5.41) is -0.0172. The molecule has 1 atom stereocenters. The lowest BCUT2D eigenvalue weighted by Crippen LogP contribution is -2.41. The molecule has 1 aliphatic heterocycles. The fraction of sp³-hybridized carbons (Fsp3) is 0.474. The summed E-state index contributed by atoms with van der Waals surface area (Å²) >= 11 is 1.68. The van der Waals surface area contributed by atoms with Crippen molar-refractivity contribution in [2.75, 3.05) is 31.3 Å². The summed E-state index contributed by atoms with van der Waals surface area (Å²) in [6, 6.07) is 3.82. The van der Waals surface area contributed by atoms with Crippen LogP contribution in [0, 0.1) is 0 Å². The lowest BCUT2D eigenvalue weighted by Gasteiger charge is -2.32. The van der Waals surface area contributed by atoms with E-state index in [4.69, 9.17) is 9.97 Å². The second kappa shape index (κ2) is 8.03. The van der Waals surface area contributed by atoms with Crippen LogP contribution in [0.25, 0.3) is 11.4 Å². The molecule has 3 rings (SSSR count). The molecule has 2 aromatic rings. The fourth-order valence-electron chi connectivity index (χ4n) is 3.18. The molecule has 1 amide bonds. The monoisotopic (exact) mass is 371 g/mol. The number of amides is 1. The molecule has 2 aromatic heterocycles. The number of hydrogen-bond acceptors (Lipinski definition) is 6. The van der Waals surface area contributed by atoms with E-state index in [0.717, 1.165) is 41.4 Å². The molecule has 1 aliphatic rings. The first-order valence-corrected chi connectivity index (χ1v) is 9.94. The van der Waals surface area contributed by atoms with Crippen LogP contribution < -0.4 is 4.90 Å². The summed E-state index contributed by atoms with van der Waals surface area (Å²) in [6.07, 6.45) is 4.27. The smallest absolute Gasteiger partial charge is 0.235 e. The number of aromatic nitrogens is 3. The Morgan fingerprint density at radius 3 is 2.69 bits per heavy atom. The summed E-state index contributed by atoms with van der Waals surface area (Å²) in [6.45, 7) is 5.33. The number of carbonyl (C=O) groups is 1. The first kappa shape index (κ1) is 18.6. The van der Waals surface area contributed by atoms with E-state index in [1.165, 1.54) is 0 Å². The van der Waals surface area contributed by atoms with Crippen LogP contribution in [0.3, 0.4) is 0 Å². The zero-order valence-electron chi connectivity index (χ0n) is 15.8. The van der Waals surface area contributed by atoms with Crippen molar-refractivity contribution in [3.63, 3.8) is 0 Å². The van der Waals surface area contributed by atoms with Gasteiger partial charge in [-0.15, -0.1) is 11.8 Å². The van der Waals surface area contributed by atoms with Crippen LogP contribution in [0.5, 0.6) is 0 Å². The molecule has 0 unspecified atom stereocenters. The van der Waals surface area contributed by atoms with Gasteiger partial charge in [-0.1, -0.05) is 6.92 Å². The van der Waals surface area contributed by atoms with Gasteiger partial charge in [0.05, 0.1) is 17.5 Å². The van der Waals surface area contributed by atoms with Crippen LogP contribution >= 0.6 is 11.8 Å². The van der Waals surface area contributed by atoms with E-state index in [9.17, 15) is 4.79 Å². The molecule has 7 heteroatoms. The summed E-state index contributed by atoms with van der Waals surface area (Å²) in [5.74, 6) is 2.75. The molecule has 3 heterocycles. The van der Waals surface area contributed by atoms with Crippen molar-refractivity contribution in [2.45, 2.75) is 32.1 Å². The van der Waals surface area contributed by atoms with Gasteiger partial charge in [0.1, 0.15) is 5.82 Å². The molecule has 0 fully saturated rings. The maximum absolute atomic E-state index is 12.7. The van der Waals surface area contributed by atoms with Gasteiger partial charge in [0.25, 0.3) is 0 Å². The van der Waals surface area contributed by atoms with Crippen molar-refractivity contribution in [2.24, 2.45) is 0 Å². The molecule has 0 bridgehead atoms. The maximum atomic E-state index is 12.7. The molecular weight excluding hydrogens is 346 g/mol. The summed E-state index contributed by atoms with van der Waals surface area (Å²) in [5.41, 5.74) is 3.03. The van der Waals surface area contributed by atoms with Crippen molar-refractivity contribution < 1.29 is 4.79 Å². The third-order valence-corrected chi connectivity index (χ3v) is 5.52. The normalized spacial score (nSPS) is 14.7. The molecule has 0 aliphatic carbocycles. The van der Waals surface area contributed by atoms with E-state index in [1.54, 1.807) is 24.2 Å². The Kier molecular flexibility index (Phi) is 5.76. The SMILES string of the molecule is CCS[C@@H](C)C(=O)N1CCc2c(nc(-c3ccncc3)nc2N(C)C)C1. The van der Waals surface area contributed by atoms with Crippen molar-refractivity contribution in [3.8, 4) is 11.4 Å². The summed E-state index contributed by atoms with van der Waals surface area (Å²) < 4.78 is 0. The van der Waals surface area contributed by atoms with Gasteiger partial charge in [-0.25, -0.2) is 9.97 Å². The van der Waals surface area contributed by atoms with Crippen molar-refractivity contribution in [1.82, 2.24) is 19.9 Å². The molecular formula is C19H25N5OS. The van der Waals surface area contributed by atoms with Gasteiger partial charge in [0.2, 0.25) is 5.91 Å². The fourth-order valence-corrected chi connectivity index (χ4v) is 3.97. The number of carbonyl (C=O) groups excluding carboxylic acids is 1. The largest absolute Gasteiger partial charge is 0.362 e. The Morgan fingerprint density at radius 2 is 2.04 bits per heavy atom. The molecule has 6 nitrogen and oxygen atoms in total. The minimum atomic E-state index is -0.0172. The predicted molar refractivity (Wildman–Crippen MR) is 106 cm³/mol. The zero-order valence-corrected chi connectivity index (χ0v) is 16.6. The van der Waals surface area contributed by atoms with E-state index >= 15 is 0 Å². The summed E-state index contributed by atoms with van der Waals surface area (Å²) in [7, 11) is 3.99. The van der Waals surface area contributed by atoms with E-state index in [2.05, 4.69) is 11.9 Å². The third-order valence-electron chi connectivity index (χ3n) is 4.48. The second-order valence-electron chi connectivity index (χ2n) is 6.53. The van der Waals surface area contributed by atoms with Gasteiger partial charge < -0.3 is 9.80 Å². The molecule has 26 heavy (non-hydrogen) atoms. The molecule has 0 saturated carbocycles. The molecule has 0 spiro atoms. The van der Waals surface area contributed by atoms with E-state index in [0.29, 0.717) is 12.4 Å². The van der Waals surface area contributed by atoms with Crippen LogP contribution in [-0.2, 0) is 17.8 Å². The molecule has 138 valence electrons. The minimum Gasteiger partial charge on any atom is -0.362 e. The van der Waals surface area contributed by atoms with Crippen LogP contribution in [-0.4, -0.2) is 57.4 Å². The molecule has 0 aromatic carbocycles. The third kappa shape index (κ3) is 3.82. The number of hydrogen-bond donors (Lipinski definition) is 0. The van der Waals surface area contributed by atoms with Gasteiger partial charge >= 0.3 is 0 Å². The Hall–Kier alpha value is -2.15. The molecule has 0 N–H and O–H groups in total. The average Bonchev–Trinajstić information content (AvgIpc) is 2.66. The highest BCUT2D eigenvalue weighted by Crippen LogP contribution is 2.29. The minimum absolute atomic E-state index is 0.0172. The van der Waals surface area contributed by atoms with Gasteiger partial charge in [-0.2, -0.15) is 0 Å². The Labute approximate surface area is 159 Å². The maximum Gasteiger partial charge on any atom is 0.235 e. The first-order valence-electron chi connectivity index (χ1n) is 8.89. The predicted octanol–water partition coefficient (Wildman–Crippen LogP) is 2.63. The highest BCUT2D eigenvalue weighted by atomic mass is 32.2. The zero-order chi connectivity index (χ0) is 18.7. The highest BCUT2D eigenvalue weighted by molar-refractivity contribution is 8.00. The van der Waals surface area contributed by atoms with Gasteiger partial charge in [-0.05, 0) is 31.2 Å². The van der Waals surface area contributed by atoms with E-state index < -0.39 is 0 Å². The lowest BCUT2D eigenvalue weighted by molar-refractivity contribution is -0.131. The van der Waals surface area contributed by atoms with Crippen molar-refractivity contribution in [3.05, 3.63) is 35.8 Å². The quantitative estimate of drug-likeness (QED) is 0.805. The van der Waals surface area contributed by atoms with Gasteiger partial charge in [-0.3, -0.25) is 9.78 Å². The number of nitrogens with zero attached hydrogens (tertiary/aromatic N) is 5. The molecule has 0 radical (unpaired) electrons. The lowest BCUT2D eigenvalue weighted by atomic mass is 10.0. The molecule has 0 saturated heterocycles. The van der Waals surface area contributed by atoms with Crippen LogP contribution in [0.2, 0.25) is 0 Å². The Morgan fingerprint density at radius 1 is 1.31 bits per heavy atom. The van der Waals surface area contributed by atoms with Crippen molar-refractivity contribution in [1.29, 1.82) is 0 Å². The number of anilines is 1. The van der Waals surface area contributed by atoms with Gasteiger partial charge in [0.15, 0.2) is 5.82 Å². The van der Waals surface area contributed by atoms with Gasteiger partial charge in [0, 0.05) is 44.2 Å². The number of fused-ring (bicyclic) bond motifs is 1. The standard InChI is InChI=1S/C19H25N5OS/c1-5-26-13(2)19(25)24-11-8-15-16(12-24)21-17(22-18(15)23(3)4)14-6-9-20-10-7-14/h6-7,9-10,13H,5,8,11-12H2,1-4H3/t13-/m0/s1.